The first-order valence-corrected chi connectivity index (χ1v) is 8.14. The maximum absolute atomic E-state index is 11.7. The van der Waals surface area contributed by atoms with Crippen molar-refractivity contribution in [3.05, 3.63) is 28.8 Å². The molecule has 0 bridgehead atoms. The first kappa shape index (κ1) is 20.4. The van der Waals surface area contributed by atoms with E-state index in [0.29, 0.717) is 17.0 Å². The molecule has 1 aromatic carbocycles. The van der Waals surface area contributed by atoms with E-state index in [2.05, 4.69) is 13.8 Å². The minimum absolute atomic E-state index is 0. The number of rotatable bonds is 4. The van der Waals surface area contributed by atoms with E-state index >= 15 is 0 Å². The van der Waals surface area contributed by atoms with Gasteiger partial charge < -0.3 is 2.85 Å². The van der Waals surface area contributed by atoms with E-state index in [9.17, 15) is 13.0 Å². The van der Waals surface area contributed by atoms with E-state index in [1.165, 1.54) is 0 Å². The van der Waals surface area contributed by atoms with Crippen LogP contribution in [0.1, 0.15) is 78.8 Å². The third-order valence-corrected chi connectivity index (χ3v) is 4.32. The van der Waals surface area contributed by atoms with E-state index in [0.717, 1.165) is 5.56 Å². The average molecular weight is 327 g/mol. The van der Waals surface area contributed by atoms with Crippen LogP contribution in [-0.2, 0) is 10.1 Å². The van der Waals surface area contributed by atoms with Gasteiger partial charge in [0.15, 0.2) is 0 Å². The van der Waals surface area contributed by atoms with Gasteiger partial charge in [0, 0.05) is 0 Å². The summed E-state index contributed by atoms with van der Waals surface area (Å²) in [6.45, 7) is 11.9. The molecule has 0 saturated heterocycles. The van der Waals surface area contributed by atoms with Crippen LogP contribution in [0.15, 0.2) is 17.0 Å². The molecule has 5 heteroatoms. The largest absolute Gasteiger partial charge is 2.00 e. The first-order valence-electron chi connectivity index (χ1n) is 6.70. The Hall–Kier alpha value is 0.390. The zero-order chi connectivity index (χ0) is 15.0. The van der Waals surface area contributed by atoms with Crippen LogP contribution in [-0.4, -0.2) is 50.7 Å². The summed E-state index contributed by atoms with van der Waals surface area (Å²) in [5.74, 6) is 0.423. The predicted molar refractivity (Wildman–Crippen MR) is 86.5 cm³/mol. The maximum Gasteiger partial charge on any atom is 2.00 e. The molecule has 0 atom stereocenters. The molecule has 0 spiro atoms. The van der Waals surface area contributed by atoms with Gasteiger partial charge in [0.25, 0.3) is 10.1 Å². The van der Waals surface area contributed by atoms with Gasteiger partial charge in [-0.3, -0.25) is 4.55 Å². The maximum atomic E-state index is 11.7. The summed E-state index contributed by atoms with van der Waals surface area (Å²) in [5, 5.41) is 0. The van der Waals surface area contributed by atoms with Crippen molar-refractivity contribution in [3.8, 4) is 0 Å². The van der Waals surface area contributed by atoms with Crippen molar-refractivity contribution < 1.29 is 15.8 Å². The van der Waals surface area contributed by atoms with Crippen LogP contribution in [0, 0.1) is 0 Å². The molecule has 112 valence electrons. The van der Waals surface area contributed by atoms with Gasteiger partial charge in [-0.05, 0) is 34.4 Å². The molecule has 0 amide bonds. The van der Waals surface area contributed by atoms with Gasteiger partial charge in [-0.2, -0.15) is 8.42 Å². The van der Waals surface area contributed by atoms with Gasteiger partial charge in [-0.25, -0.2) is 0 Å². The van der Waals surface area contributed by atoms with Crippen molar-refractivity contribution in [1.29, 1.82) is 0 Å². The van der Waals surface area contributed by atoms with Gasteiger partial charge in [0.1, 0.15) is 4.90 Å². The fraction of sp³-hybridized carbons (Fsp3) is 0.600. The third kappa shape index (κ3) is 4.70. The van der Waals surface area contributed by atoms with Crippen molar-refractivity contribution >= 4 is 47.9 Å². The Morgan fingerprint density at radius 3 is 1.45 bits per heavy atom. The Morgan fingerprint density at radius 1 is 0.900 bits per heavy atom. The van der Waals surface area contributed by atoms with Crippen LogP contribution in [0.2, 0.25) is 0 Å². The second kappa shape index (κ2) is 7.59. The van der Waals surface area contributed by atoms with Gasteiger partial charge in [-0.15, -0.1) is 0 Å². The van der Waals surface area contributed by atoms with Crippen molar-refractivity contribution in [3.63, 3.8) is 0 Å². The smallest absolute Gasteiger partial charge is 1.00 e. The van der Waals surface area contributed by atoms with Crippen molar-refractivity contribution in [2.24, 2.45) is 0 Å². The monoisotopic (exact) mass is 326 g/mol. The molecule has 0 fully saturated rings. The van der Waals surface area contributed by atoms with Gasteiger partial charge in [0.2, 0.25) is 0 Å². The normalized spacial score (nSPS) is 12.1. The number of hydrogen-bond donors (Lipinski definition) is 1. The van der Waals surface area contributed by atoms with Crippen molar-refractivity contribution in [1.82, 2.24) is 0 Å². The molecule has 0 aliphatic heterocycles. The second-order valence-electron chi connectivity index (χ2n) is 5.97. The zero-order valence-corrected chi connectivity index (χ0v) is 16.3. The Bertz CT molecular complexity index is 541. The van der Waals surface area contributed by atoms with E-state index in [4.69, 9.17) is 0 Å². The van der Waals surface area contributed by atoms with E-state index in [1.807, 2.05) is 39.8 Å². The number of hydrogen-bond acceptors (Lipinski definition) is 2. The minimum Gasteiger partial charge on any atom is -1.00 e. The van der Waals surface area contributed by atoms with Crippen LogP contribution in [0.25, 0.3) is 0 Å². The molecular formula is C15H26CaO3S. The fourth-order valence-electron chi connectivity index (χ4n) is 2.19. The predicted octanol–water partition coefficient (Wildman–Crippen LogP) is 4.15. The minimum atomic E-state index is -4.20. The quantitative estimate of drug-likeness (QED) is 0.668. The molecular weight excluding hydrogens is 300 g/mol. The topological polar surface area (TPSA) is 54.4 Å². The number of benzene rings is 1. The molecule has 0 aromatic heterocycles. The fourth-order valence-corrected chi connectivity index (χ4v) is 3.37. The standard InChI is InChI=1S/C15H24O3S.Ca.2H/c1-9(2)12-7-13(10(3)4)15(19(16,17)18)14(8-12)11(5)6;;;/h7-11H,1-6H3,(H,16,17,18);;;/q;+2;2*-1. The molecule has 20 heavy (non-hydrogen) atoms. The summed E-state index contributed by atoms with van der Waals surface area (Å²) in [6.07, 6.45) is 0. The van der Waals surface area contributed by atoms with Crippen molar-refractivity contribution in [2.75, 3.05) is 0 Å². The SMILES string of the molecule is CC(C)c1cc(C(C)C)c(S(=O)(=O)O)c(C(C)C)c1.[Ca+2].[H-].[H-]. The van der Waals surface area contributed by atoms with E-state index in [-0.39, 0.29) is 57.3 Å². The molecule has 0 saturated carbocycles. The molecule has 1 rings (SSSR count). The summed E-state index contributed by atoms with van der Waals surface area (Å²) in [7, 11) is -4.20. The Morgan fingerprint density at radius 2 is 1.25 bits per heavy atom. The van der Waals surface area contributed by atoms with E-state index in [1.54, 1.807) is 0 Å². The van der Waals surface area contributed by atoms with Crippen molar-refractivity contribution in [2.45, 2.75) is 64.2 Å². The van der Waals surface area contributed by atoms with Gasteiger partial charge >= 0.3 is 37.7 Å². The molecule has 0 aliphatic rings. The molecule has 1 aromatic rings. The summed E-state index contributed by atoms with van der Waals surface area (Å²) < 4.78 is 33.0. The second-order valence-corrected chi connectivity index (χ2v) is 7.33. The van der Waals surface area contributed by atoms with Crippen LogP contribution in [0.4, 0.5) is 0 Å². The summed E-state index contributed by atoms with van der Waals surface area (Å²) >= 11 is 0. The third-order valence-electron chi connectivity index (χ3n) is 3.34. The summed E-state index contributed by atoms with van der Waals surface area (Å²) in [4.78, 5) is 0.0990. The van der Waals surface area contributed by atoms with E-state index < -0.39 is 10.1 Å². The summed E-state index contributed by atoms with van der Waals surface area (Å²) in [6, 6.07) is 3.81. The Labute approximate surface area is 155 Å². The molecule has 3 nitrogen and oxygen atoms in total. The molecule has 0 heterocycles. The Kier molecular flexibility index (Phi) is 7.74. The average Bonchev–Trinajstić information content (AvgIpc) is 2.25. The molecule has 0 radical (unpaired) electrons. The first-order chi connectivity index (χ1) is 8.55. The van der Waals surface area contributed by atoms with Crippen LogP contribution in [0.3, 0.4) is 0 Å². The van der Waals surface area contributed by atoms with Crippen LogP contribution in [0.5, 0.6) is 0 Å². The van der Waals surface area contributed by atoms with Gasteiger partial charge in [0.05, 0.1) is 0 Å². The molecule has 0 aliphatic carbocycles. The van der Waals surface area contributed by atoms with Crippen LogP contribution < -0.4 is 0 Å². The molecule has 1 N–H and O–H groups in total. The van der Waals surface area contributed by atoms with Crippen LogP contribution >= 0.6 is 0 Å². The summed E-state index contributed by atoms with van der Waals surface area (Å²) in [5.41, 5.74) is 2.52. The van der Waals surface area contributed by atoms with Gasteiger partial charge in [-0.1, -0.05) is 53.7 Å². The zero-order valence-electron chi connectivity index (χ0n) is 15.3. The Balaban J connectivity index is -0.00000120. The molecule has 0 unspecified atom stereocenters.